The highest BCUT2D eigenvalue weighted by atomic mass is 35.5. The Balaban J connectivity index is 0.00000225. The molecule has 1 rings (SSSR count). The third-order valence-corrected chi connectivity index (χ3v) is 2.48. The summed E-state index contributed by atoms with van der Waals surface area (Å²) in [7, 11) is 1.51. The molecule has 0 aromatic heterocycles. The van der Waals surface area contributed by atoms with Crippen molar-refractivity contribution in [3.63, 3.8) is 0 Å². The lowest BCUT2D eigenvalue weighted by Crippen LogP contribution is -2.27. The van der Waals surface area contributed by atoms with Crippen molar-refractivity contribution < 1.29 is 9.13 Å². The topological polar surface area (TPSA) is 35.2 Å². The molecule has 0 amide bonds. The van der Waals surface area contributed by atoms with E-state index in [0.717, 1.165) is 0 Å². The summed E-state index contributed by atoms with van der Waals surface area (Å²) in [6.07, 6.45) is 0. The lowest BCUT2D eigenvalue weighted by molar-refractivity contribution is 0.318. The number of methoxy groups -OCH3 is 1. The highest BCUT2D eigenvalue weighted by molar-refractivity contribution is 5.85. The van der Waals surface area contributed by atoms with Gasteiger partial charge in [-0.2, -0.15) is 0 Å². The molecule has 2 N–H and O–H groups in total. The molecule has 0 saturated heterocycles. The normalized spacial score (nSPS) is 12.9. The third-order valence-electron chi connectivity index (χ3n) is 2.48. The molecule has 1 atom stereocenters. The number of rotatable bonds is 2. The molecule has 16 heavy (non-hydrogen) atoms. The smallest absolute Gasteiger partial charge is 0.131 e. The van der Waals surface area contributed by atoms with Gasteiger partial charge in [0.25, 0.3) is 0 Å². The number of ether oxygens (including phenoxy) is 1. The van der Waals surface area contributed by atoms with E-state index < -0.39 is 0 Å². The molecule has 0 aliphatic heterocycles. The van der Waals surface area contributed by atoms with Crippen LogP contribution in [0.1, 0.15) is 32.4 Å². The van der Waals surface area contributed by atoms with Crippen LogP contribution in [0.15, 0.2) is 18.2 Å². The Morgan fingerprint density at radius 1 is 1.31 bits per heavy atom. The minimum atomic E-state index is -0.316. The van der Waals surface area contributed by atoms with E-state index in [9.17, 15) is 4.39 Å². The molecule has 1 aromatic carbocycles. The fourth-order valence-corrected chi connectivity index (χ4v) is 1.35. The van der Waals surface area contributed by atoms with E-state index in [1.54, 1.807) is 12.1 Å². The Morgan fingerprint density at radius 3 is 2.25 bits per heavy atom. The average Bonchev–Trinajstić information content (AvgIpc) is 2.15. The molecular weight excluding hydrogens is 229 g/mol. The first-order valence-electron chi connectivity index (χ1n) is 4.95. The molecule has 0 bridgehead atoms. The first-order chi connectivity index (χ1) is 6.86. The van der Waals surface area contributed by atoms with Gasteiger partial charge in [-0.05, 0) is 11.5 Å². The fourth-order valence-electron chi connectivity index (χ4n) is 1.35. The Bertz CT molecular complexity index is 349. The standard InChI is InChI=1S/C12H18FNO.ClH/c1-12(2,3)11(14)9-6-5-8(15-4)7-10(9)13;/h5-7,11H,14H2,1-4H3;1H/t11-;/m1./s1. The molecule has 0 aliphatic carbocycles. The highest BCUT2D eigenvalue weighted by Gasteiger charge is 2.24. The molecule has 0 heterocycles. The second-order valence-corrected chi connectivity index (χ2v) is 4.73. The zero-order chi connectivity index (χ0) is 11.6. The van der Waals surface area contributed by atoms with Crippen molar-refractivity contribution in [2.45, 2.75) is 26.8 Å². The lowest BCUT2D eigenvalue weighted by Gasteiger charge is -2.27. The van der Waals surface area contributed by atoms with Crippen molar-refractivity contribution in [1.82, 2.24) is 0 Å². The maximum absolute atomic E-state index is 13.7. The largest absolute Gasteiger partial charge is 0.497 e. The minimum absolute atomic E-state index is 0. The first-order valence-corrected chi connectivity index (χ1v) is 4.95. The van der Waals surface area contributed by atoms with E-state index in [0.29, 0.717) is 11.3 Å². The second-order valence-electron chi connectivity index (χ2n) is 4.73. The number of benzene rings is 1. The summed E-state index contributed by atoms with van der Waals surface area (Å²) < 4.78 is 18.6. The second kappa shape index (κ2) is 5.51. The van der Waals surface area contributed by atoms with Crippen molar-refractivity contribution in [3.05, 3.63) is 29.6 Å². The van der Waals surface area contributed by atoms with Crippen LogP contribution < -0.4 is 10.5 Å². The number of hydrogen-bond acceptors (Lipinski definition) is 2. The molecular formula is C12H19ClFNO. The number of hydrogen-bond donors (Lipinski definition) is 1. The van der Waals surface area contributed by atoms with Gasteiger partial charge in [0, 0.05) is 17.7 Å². The van der Waals surface area contributed by atoms with Gasteiger partial charge in [-0.1, -0.05) is 26.8 Å². The molecule has 4 heteroatoms. The third kappa shape index (κ3) is 3.35. The maximum atomic E-state index is 13.7. The van der Waals surface area contributed by atoms with E-state index >= 15 is 0 Å². The summed E-state index contributed by atoms with van der Waals surface area (Å²) in [6.45, 7) is 5.96. The Labute approximate surface area is 102 Å². The Morgan fingerprint density at radius 2 is 1.88 bits per heavy atom. The number of halogens is 2. The highest BCUT2D eigenvalue weighted by Crippen LogP contribution is 2.32. The van der Waals surface area contributed by atoms with Gasteiger partial charge in [-0.15, -0.1) is 12.4 Å². The fraction of sp³-hybridized carbons (Fsp3) is 0.500. The van der Waals surface area contributed by atoms with Crippen molar-refractivity contribution in [1.29, 1.82) is 0 Å². The first kappa shape index (κ1) is 15.2. The van der Waals surface area contributed by atoms with Crippen molar-refractivity contribution >= 4 is 12.4 Å². The summed E-state index contributed by atoms with van der Waals surface area (Å²) >= 11 is 0. The van der Waals surface area contributed by atoms with Gasteiger partial charge in [0.2, 0.25) is 0 Å². The van der Waals surface area contributed by atoms with Crippen LogP contribution in [-0.4, -0.2) is 7.11 Å². The number of nitrogens with two attached hydrogens (primary N) is 1. The van der Waals surface area contributed by atoms with Gasteiger partial charge in [0.15, 0.2) is 0 Å². The zero-order valence-electron chi connectivity index (χ0n) is 10.1. The van der Waals surface area contributed by atoms with Gasteiger partial charge in [0.05, 0.1) is 7.11 Å². The van der Waals surface area contributed by atoms with Crippen molar-refractivity contribution in [2.24, 2.45) is 11.1 Å². The average molecular weight is 248 g/mol. The SMILES string of the molecule is COc1ccc([C@@H](N)C(C)(C)C)c(F)c1.Cl. The van der Waals surface area contributed by atoms with Gasteiger partial charge in [-0.3, -0.25) is 0 Å². The lowest BCUT2D eigenvalue weighted by atomic mass is 9.83. The molecule has 0 aliphatic rings. The monoisotopic (exact) mass is 247 g/mol. The molecule has 92 valence electrons. The summed E-state index contributed by atoms with van der Waals surface area (Å²) in [5.74, 6) is 0.203. The molecule has 1 aromatic rings. The molecule has 0 radical (unpaired) electrons. The van der Waals surface area contributed by atoms with E-state index in [-0.39, 0.29) is 29.7 Å². The molecule has 0 saturated carbocycles. The van der Waals surface area contributed by atoms with Gasteiger partial charge in [0.1, 0.15) is 11.6 Å². The van der Waals surface area contributed by atoms with Gasteiger partial charge in [-0.25, -0.2) is 4.39 Å². The Hall–Kier alpha value is -0.800. The van der Waals surface area contributed by atoms with E-state index in [1.165, 1.54) is 13.2 Å². The van der Waals surface area contributed by atoms with Crippen LogP contribution in [-0.2, 0) is 0 Å². The summed E-state index contributed by atoms with van der Waals surface area (Å²) in [5.41, 5.74) is 6.36. The molecule has 0 fully saturated rings. The van der Waals surface area contributed by atoms with Gasteiger partial charge >= 0.3 is 0 Å². The maximum Gasteiger partial charge on any atom is 0.131 e. The van der Waals surface area contributed by atoms with Crippen LogP contribution in [0.4, 0.5) is 4.39 Å². The summed E-state index contributed by atoms with van der Waals surface area (Å²) in [6, 6.07) is 4.46. The van der Waals surface area contributed by atoms with Crippen LogP contribution in [0.25, 0.3) is 0 Å². The van der Waals surface area contributed by atoms with Crippen LogP contribution in [0.3, 0.4) is 0 Å². The van der Waals surface area contributed by atoms with E-state index in [4.69, 9.17) is 10.5 Å². The molecule has 0 unspecified atom stereocenters. The quantitative estimate of drug-likeness (QED) is 0.870. The molecule has 2 nitrogen and oxygen atoms in total. The predicted octanol–water partition coefficient (Wildman–Crippen LogP) is 3.30. The zero-order valence-corrected chi connectivity index (χ0v) is 10.9. The predicted molar refractivity (Wildman–Crippen MR) is 66.6 cm³/mol. The minimum Gasteiger partial charge on any atom is -0.497 e. The van der Waals surface area contributed by atoms with Crippen LogP contribution >= 0.6 is 12.4 Å². The summed E-state index contributed by atoms with van der Waals surface area (Å²) in [5, 5.41) is 0. The van der Waals surface area contributed by atoms with Crippen LogP contribution in [0.2, 0.25) is 0 Å². The van der Waals surface area contributed by atoms with E-state index in [1.807, 2.05) is 20.8 Å². The summed E-state index contributed by atoms with van der Waals surface area (Å²) in [4.78, 5) is 0. The Kier molecular flexibility index (Phi) is 5.23. The molecule has 0 spiro atoms. The van der Waals surface area contributed by atoms with Crippen molar-refractivity contribution in [3.8, 4) is 5.75 Å². The van der Waals surface area contributed by atoms with Gasteiger partial charge < -0.3 is 10.5 Å². The van der Waals surface area contributed by atoms with Crippen molar-refractivity contribution in [2.75, 3.05) is 7.11 Å². The van der Waals surface area contributed by atoms with Crippen LogP contribution in [0.5, 0.6) is 5.75 Å². The van der Waals surface area contributed by atoms with Crippen LogP contribution in [0, 0.1) is 11.2 Å². The van der Waals surface area contributed by atoms with E-state index in [2.05, 4.69) is 0 Å².